The van der Waals surface area contributed by atoms with Crippen LogP contribution >= 0.6 is 0 Å². The Labute approximate surface area is 103 Å². The lowest BCUT2D eigenvalue weighted by Gasteiger charge is -2.22. The van der Waals surface area contributed by atoms with Crippen LogP contribution in [0.5, 0.6) is 0 Å². The van der Waals surface area contributed by atoms with Crippen molar-refractivity contribution in [1.29, 1.82) is 0 Å². The Balaban J connectivity index is 1.90. The summed E-state index contributed by atoms with van der Waals surface area (Å²) in [7, 11) is 1.61. The third kappa shape index (κ3) is 7.31. The summed E-state index contributed by atoms with van der Waals surface area (Å²) < 4.78 is 10.2. The third-order valence-electron chi connectivity index (χ3n) is 2.93. The van der Waals surface area contributed by atoms with E-state index in [0.717, 1.165) is 19.5 Å². The number of methoxy groups -OCH3 is 1. The van der Waals surface area contributed by atoms with Gasteiger partial charge >= 0.3 is 0 Å². The molecule has 100 valence electrons. The zero-order chi connectivity index (χ0) is 12.3. The summed E-state index contributed by atoms with van der Waals surface area (Å²) in [6, 6.07) is 0. The number of rotatable bonds is 8. The monoisotopic (exact) mass is 244 g/mol. The number of ether oxygens (including phenoxy) is 2. The summed E-state index contributed by atoms with van der Waals surface area (Å²) in [6.45, 7) is 4.14. The van der Waals surface area contributed by atoms with E-state index in [0.29, 0.717) is 25.7 Å². The van der Waals surface area contributed by atoms with Crippen LogP contribution in [0.2, 0.25) is 0 Å². The van der Waals surface area contributed by atoms with Crippen LogP contribution in [0.15, 0.2) is 0 Å². The van der Waals surface area contributed by atoms with Crippen LogP contribution in [0.25, 0.3) is 0 Å². The van der Waals surface area contributed by atoms with E-state index in [2.05, 4.69) is 10.6 Å². The van der Waals surface area contributed by atoms with Crippen LogP contribution in [0.3, 0.4) is 0 Å². The van der Waals surface area contributed by atoms with Crippen molar-refractivity contribution in [3.05, 3.63) is 0 Å². The fourth-order valence-corrected chi connectivity index (χ4v) is 1.93. The van der Waals surface area contributed by atoms with Gasteiger partial charge in [0, 0.05) is 20.3 Å². The molecule has 5 nitrogen and oxygen atoms in total. The smallest absolute Gasteiger partial charge is 0.246 e. The molecule has 0 radical (unpaired) electrons. The van der Waals surface area contributed by atoms with Gasteiger partial charge in [0.2, 0.25) is 5.91 Å². The summed E-state index contributed by atoms with van der Waals surface area (Å²) in [5.41, 5.74) is 0. The molecule has 1 fully saturated rings. The van der Waals surface area contributed by atoms with Gasteiger partial charge in [-0.1, -0.05) is 0 Å². The molecule has 0 saturated carbocycles. The number of hydrogen-bond donors (Lipinski definition) is 2. The van der Waals surface area contributed by atoms with Crippen LogP contribution in [-0.2, 0) is 14.3 Å². The molecule has 0 aliphatic carbocycles. The molecule has 1 aliphatic heterocycles. The Bertz CT molecular complexity index is 206. The number of piperidine rings is 1. The lowest BCUT2D eigenvalue weighted by Crippen LogP contribution is -2.32. The average Bonchev–Trinajstić information content (AvgIpc) is 2.36. The third-order valence-corrected chi connectivity index (χ3v) is 2.93. The highest BCUT2D eigenvalue weighted by atomic mass is 16.5. The summed E-state index contributed by atoms with van der Waals surface area (Å²) >= 11 is 0. The first-order chi connectivity index (χ1) is 8.33. The van der Waals surface area contributed by atoms with Crippen molar-refractivity contribution in [2.24, 2.45) is 5.92 Å². The molecule has 1 rings (SSSR count). The second kappa shape index (κ2) is 9.39. The van der Waals surface area contributed by atoms with Gasteiger partial charge in [-0.15, -0.1) is 0 Å². The van der Waals surface area contributed by atoms with Gasteiger partial charge in [0.15, 0.2) is 0 Å². The van der Waals surface area contributed by atoms with Crippen molar-refractivity contribution in [2.75, 3.05) is 46.6 Å². The zero-order valence-corrected chi connectivity index (χ0v) is 10.7. The molecular formula is C12H24N2O3. The topological polar surface area (TPSA) is 59.6 Å². The van der Waals surface area contributed by atoms with Crippen molar-refractivity contribution >= 4 is 5.91 Å². The number of hydrogen-bond acceptors (Lipinski definition) is 4. The largest absolute Gasteiger partial charge is 0.383 e. The molecule has 0 aromatic rings. The number of amides is 1. The first kappa shape index (κ1) is 14.4. The Morgan fingerprint density at radius 1 is 1.47 bits per heavy atom. The molecule has 2 N–H and O–H groups in total. The Hall–Kier alpha value is -0.650. The predicted molar refractivity (Wildman–Crippen MR) is 65.9 cm³/mol. The predicted octanol–water partition coefficient (Wildman–Crippen LogP) is 0.155. The van der Waals surface area contributed by atoms with Gasteiger partial charge < -0.3 is 20.1 Å². The minimum atomic E-state index is -0.0659. The molecule has 1 aliphatic rings. The van der Waals surface area contributed by atoms with Crippen LogP contribution in [0.1, 0.15) is 19.3 Å². The van der Waals surface area contributed by atoms with E-state index >= 15 is 0 Å². The summed E-state index contributed by atoms with van der Waals surface area (Å²) in [5.74, 6) is 0.643. The van der Waals surface area contributed by atoms with Gasteiger partial charge in [0.05, 0.1) is 6.61 Å². The average molecular weight is 244 g/mol. The molecule has 17 heavy (non-hydrogen) atoms. The molecule has 0 aromatic carbocycles. The second-order valence-electron chi connectivity index (χ2n) is 4.40. The highest BCUT2D eigenvalue weighted by Gasteiger charge is 2.12. The van der Waals surface area contributed by atoms with Crippen molar-refractivity contribution < 1.29 is 14.3 Å². The van der Waals surface area contributed by atoms with E-state index in [1.807, 2.05) is 0 Å². The van der Waals surface area contributed by atoms with E-state index < -0.39 is 0 Å². The maximum atomic E-state index is 11.3. The van der Waals surface area contributed by atoms with Gasteiger partial charge in [0.1, 0.15) is 6.61 Å². The van der Waals surface area contributed by atoms with Crippen LogP contribution in [-0.4, -0.2) is 52.5 Å². The van der Waals surface area contributed by atoms with E-state index in [1.165, 1.54) is 12.8 Å². The molecule has 1 saturated heterocycles. The fraction of sp³-hybridized carbons (Fsp3) is 0.917. The number of carbonyl (C=O) groups excluding carboxylic acids is 1. The Morgan fingerprint density at radius 2 is 2.35 bits per heavy atom. The lowest BCUT2D eigenvalue weighted by atomic mass is 9.97. The molecule has 1 amide bonds. The van der Waals surface area contributed by atoms with Gasteiger partial charge in [-0.2, -0.15) is 0 Å². The summed E-state index contributed by atoms with van der Waals surface area (Å²) in [6.07, 6.45) is 3.57. The minimum Gasteiger partial charge on any atom is -0.383 e. The lowest BCUT2D eigenvalue weighted by molar-refractivity contribution is -0.126. The maximum Gasteiger partial charge on any atom is 0.246 e. The normalized spacial score (nSPS) is 20.2. The van der Waals surface area contributed by atoms with Gasteiger partial charge in [-0.25, -0.2) is 0 Å². The number of carbonyl (C=O) groups is 1. The quantitative estimate of drug-likeness (QED) is 0.597. The summed E-state index contributed by atoms with van der Waals surface area (Å²) in [5, 5.41) is 6.09. The minimum absolute atomic E-state index is 0.0659. The maximum absolute atomic E-state index is 11.3. The van der Waals surface area contributed by atoms with Gasteiger partial charge in [-0.05, 0) is 38.3 Å². The molecule has 1 unspecified atom stereocenters. The van der Waals surface area contributed by atoms with Crippen LogP contribution in [0, 0.1) is 5.92 Å². The van der Waals surface area contributed by atoms with E-state index in [9.17, 15) is 4.79 Å². The first-order valence-corrected chi connectivity index (χ1v) is 6.37. The standard InChI is InChI=1S/C12H24N2O3/c1-16-8-6-14-12(15)10-17-7-4-11-3-2-5-13-9-11/h11,13H,2-10H2,1H3,(H,14,15). The van der Waals surface area contributed by atoms with Crippen LogP contribution in [0.4, 0.5) is 0 Å². The Kier molecular flexibility index (Phi) is 7.96. The SMILES string of the molecule is COCCNC(=O)COCCC1CCCNC1. The second-order valence-corrected chi connectivity index (χ2v) is 4.40. The molecule has 0 bridgehead atoms. The van der Waals surface area contributed by atoms with Crippen LogP contribution < -0.4 is 10.6 Å². The highest BCUT2D eigenvalue weighted by molar-refractivity contribution is 5.77. The van der Waals surface area contributed by atoms with E-state index in [4.69, 9.17) is 9.47 Å². The molecule has 0 aromatic heterocycles. The molecule has 1 atom stereocenters. The zero-order valence-electron chi connectivity index (χ0n) is 10.7. The van der Waals surface area contributed by atoms with Gasteiger partial charge in [0.25, 0.3) is 0 Å². The molecular weight excluding hydrogens is 220 g/mol. The summed E-state index contributed by atoms with van der Waals surface area (Å²) in [4.78, 5) is 11.3. The molecule has 0 spiro atoms. The Morgan fingerprint density at radius 3 is 3.06 bits per heavy atom. The van der Waals surface area contributed by atoms with E-state index in [1.54, 1.807) is 7.11 Å². The van der Waals surface area contributed by atoms with Crippen molar-refractivity contribution in [2.45, 2.75) is 19.3 Å². The van der Waals surface area contributed by atoms with Crippen molar-refractivity contribution in [3.8, 4) is 0 Å². The number of nitrogens with one attached hydrogen (secondary N) is 2. The molecule has 5 heteroatoms. The molecule has 1 heterocycles. The fourth-order valence-electron chi connectivity index (χ4n) is 1.93. The van der Waals surface area contributed by atoms with Crippen molar-refractivity contribution in [1.82, 2.24) is 10.6 Å². The van der Waals surface area contributed by atoms with Gasteiger partial charge in [-0.3, -0.25) is 4.79 Å². The van der Waals surface area contributed by atoms with Crippen molar-refractivity contribution in [3.63, 3.8) is 0 Å². The highest BCUT2D eigenvalue weighted by Crippen LogP contribution is 2.13. The van der Waals surface area contributed by atoms with E-state index in [-0.39, 0.29) is 12.5 Å². The first-order valence-electron chi connectivity index (χ1n) is 6.37.